The van der Waals surface area contributed by atoms with Gasteiger partial charge in [-0.1, -0.05) is 56.3 Å². The maximum absolute atomic E-state index is 11.8. The van der Waals surface area contributed by atoms with Gasteiger partial charge >= 0.3 is 0 Å². The van der Waals surface area contributed by atoms with Crippen LogP contribution in [0.4, 0.5) is 0 Å². The molecule has 0 aliphatic heterocycles. The zero-order valence-corrected chi connectivity index (χ0v) is 13.4. The summed E-state index contributed by atoms with van der Waals surface area (Å²) in [4.78, 5) is 16.1. The van der Waals surface area contributed by atoms with Crippen LogP contribution in [0.2, 0.25) is 0 Å². The fourth-order valence-corrected chi connectivity index (χ4v) is 1.96. The number of carbonyl (C=O) groups excluding carboxylic acids is 1. The third-order valence-corrected chi connectivity index (χ3v) is 3.26. The molecule has 2 rings (SSSR count). The normalized spacial score (nSPS) is 11.4. The van der Waals surface area contributed by atoms with Crippen LogP contribution in [-0.4, -0.2) is 22.6 Å². The van der Waals surface area contributed by atoms with Gasteiger partial charge in [-0.3, -0.25) is 4.79 Å². The Bertz CT molecular complexity index is 600. The van der Waals surface area contributed by atoms with Gasteiger partial charge < -0.3 is 9.84 Å². The van der Waals surface area contributed by atoms with Crippen LogP contribution in [0.5, 0.6) is 0 Å². The molecule has 0 radical (unpaired) electrons. The molecule has 0 atom stereocenters. The minimum absolute atomic E-state index is 0.0448. The van der Waals surface area contributed by atoms with E-state index >= 15 is 0 Å². The number of benzene rings is 1. The van der Waals surface area contributed by atoms with Gasteiger partial charge in [0.05, 0.1) is 0 Å². The second kappa shape index (κ2) is 7.20. The molecule has 0 spiro atoms. The zero-order valence-electron chi connectivity index (χ0n) is 13.4. The Morgan fingerprint density at radius 1 is 1.18 bits per heavy atom. The number of hydrogen-bond acceptors (Lipinski definition) is 4. The van der Waals surface area contributed by atoms with Crippen molar-refractivity contribution in [1.29, 1.82) is 0 Å². The first kappa shape index (κ1) is 16.2. The van der Waals surface area contributed by atoms with Crippen molar-refractivity contribution in [2.75, 3.05) is 6.54 Å². The largest absolute Gasteiger partial charge is 0.356 e. The highest BCUT2D eigenvalue weighted by molar-refractivity contribution is 5.76. The second-order valence-corrected chi connectivity index (χ2v) is 6.35. The summed E-state index contributed by atoms with van der Waals surface area (Å²) in [7, 11) is 0. The SMILES string of the molecule is CC(C)(C)c1nc(CCNC(=O)CCc2ccccc2)no1. The van der Waals surface area contributed by atoms with E-state index in [-0.39, 0.29) is 11.3 Å². The Morgan fingerprint density at radius 2 is 1.91 bits per heavy atom. The van der Waals surface area contributed by atoms with Crippen LogP contribution in [0, 0.1) is 0 Å². The molecule has 5 heteroatoms. The van der Waals surface area contributed by atoms with Crippen molar-refractivity contribution in [3.8, 4) is 0 Å². The molecule has 0 aliphatic rings. The molecule has 1 aromatic carbocycles. The Labute approximate surface area is 131 Å². The van der Waals surface area contributed by atoms with Gasteiger partial charge in [0.2, 0.25) is 11.8 Å². The fraction of sp³-hybridized carbons (Fsp3) is 0.471. The minimum Gasteiger partial charge on any atom is -0.356 e. The first-order valence-electron chi connectivity index (χ1n) is 7.59. The summed E-state index contributed by atoms with van der Waals surface area (Å²) in [5.41, 5.74) is 1.02. The standard InChI is InChI=1S/C17H23N3O2/c1-17(2,3)16-19-14(20-22-16)11-12-18-15(21)10-9-13-7-5-4-6-8-13/h4-8H,9-12H2,1-3H3,(H,18,21). The number of nitrogens with zero attached hydrogens (tertiary/aromatic N) is 2. The van der Waals surface area contributed by atoms with Crippen LogP contribution < -0.4 is 5.32 Å². The van der Waals surface area contributed by atoms with Gasteiger partial charge in [0.25, 0.3) is 0 Å². The highest BCUT2D eigenvalue weighted by Crippen LogP contribution is 2.19. The lowest BCUT2D eigenvalue weighted by molar-refractivity contribution is -0.121. The Morgan fingerprint density at radius 3 is 2.55 bits per heavy atom. The van der Waals surface area contributed by atoms with Crippen LogP contribution >= 0.6 is 0 Å². The van der Waals surface area contributed by atoms with Gasteiger partial charge in [-0.05, 0) is 12.0 Å². The monoisotopic (exact) mass is 301 g/mol. The Balaban J connectivity index is 1.70. The highest BCUT2D eigenvalue weighted by Gasteiger charge is 2.21. The third-order valence-electron chi connectivity index (χ3n) is 3.26. The number of hydrogen-bond donors (Lipinski definition) is 1. The molecule has 0 saturated heterocycles. The molecule has 0 aliphatic carbocycles. The van der Waals surface area contributed by atoms with Crippen molar-refractivity contribution in [1.82, 2.24) is 15.5 Å². The minimum atomic E-state index is -0.149. The predicted octanol–water partition coefficient (Wildman–Crippen LogP) is 2.66. The molecule has 0 fully saturated rings. The summed E-state index contributed by atoms with van der Waals surface area (Å²) in [5.74, 6) is 1.30. The summed E-state index contributed by atoms with van der Waals surface area (Å²) in [5, 5.41) is 6.82. The summed E-state index contributed by atoms with van der Waals surface area (Å²) in [6.07, 6.45) is 1.82. The topological polar surface area (TPSA) is 68.0 Å². The summed E-state index contributed by atoms with van der Waals surface area (Å²) < 4.78 is 5.22. The average molecular weight is 301 g/mol. The van der Waals surface area contributed by atoms with E-state index in [1.165, 1.54) is 5.56 Å². The van der Waals surface area contributed by atoms with Gasteiger partial charge in [0.1, 0.15) is 0 Å². The molecule has 118 valence electrons. The second-order valence-electron chi connectivity index (χ2n) is 6.35. The van der Waals surface area contributed by atoms with E-state index in [0.717, 1.165) is 6.42 Å². The predicted molar refractivity (Wildman–Crippen MR) is 84.5 cm³/mol. The lowest BCUT2D eigenvalue weighted by Crippen LogP contribution is -2.26. The van der Waals surface area contributed by atoms with Crippen LogP contribution in [0.25, 0.3) is 0 Å². The lowest BCUT2D eigenvalue weighted by atomic mass is 9.97. The van der Waals surface area contributed by atoms with E-state index in [2.05, 4.69) is 15.5 Å². The molecule has 0 saturated carbocycles. The lowest BCUT2D eigenvalue weighted by Gasteiger charge is -2.10. The molecule has 1 N–H and O–H groups in total. The van der Waals surface area contributed by atoms with Crippen molar-refractivity contribution in [2.45, 2.75) is 45.4 Å². The molecule has 1 heterocycles. The summed E-state index contributed by atoms with van der Waals surface area (Å²) >= 11 is 0. The van der Waals surface area contributed by atoms with Crippen LogP contribution in [-0.2, 0) is 23.1 Å². The summed E-state index contributed by atoms with van der Waals surface area (Å²) in [6, 6.07) is 9.99. The first-order valence-corrected chi connectivity index (χ1v) is 7.59. The summed E-state index contributed by atoms with van der Waals surface area (Å²) in [6.45, 7) is 6.59. The molecule has 5 nitrogen and oxygen atoms in total. The number of amides is 1. The number of rotatable bonds is 6. The van der Waals surface area contributed by atoms with Gasteiger partial charge in [0.15, 0.2) is 5.82 Å². The smallest absolute Gasteiger partial charge is 0.232 e. The molecule has 22 heavy (non-hydrogen) atoms. The van der Waals surface area contributed by atoms with E-state index in [1.54, 1.807) is 0 Å². The molecular weight excluding hydrogens is 278 g/mol. The van der Waals surface area contributed by atoms with E-state index < -0.39 is 0 Å². The Hall–Kier alpha value is -2.17. The van der Waals surface area contributed by atoms with Crippen LogP contribution in [0.3, 0.4) is 0 Å². The van der Waals surface area contributed by atoms with Gasteiger partial charge in [-0.15, -0.1) is 0 Å². The van der Waals surface area contributed by atoms with Gasteiger partial charge in [-0.2, -0.15) is 4.98 Å². The zero-order chi connectivity index (χ0) is 16.0. The molecule has 0 bridgehead atoms. The highest BCUT2D eigenvalue weighted by atomic mass is 16.5. The molecule has 2 aromatic rings. The van der Waals surface area contributed by atoms with Crippen molar-refractivity contribution in [3.05, 3.63) is 47.6 Å². The number of nitrogens with one attached hydrogen (secondary N) is 1. The Kier molecular flexibility index (Phi) is 5.31. The van der Waals surface area contributed by atoms with Gasteiger partial charge in [0, 0.05) is 24.8 Å². The van der Waals surface area contributed by atoms with E-state index in [9.17, 15) is 4.79 Å². The van der Waals surface area contributed by atoms with Crippen molar-refractivity contribution in [2.24, 2.45) is 0 Å². The fourth-order valence-electron chi connectivity index (χ4n) is 1.96. The van der Waals surface area contributed by atoms with Crippen LogP contribution in [0.1, 0.15) is 44.5 Å². The quantitative estimate of drug-likeness (QED) is 0.890. The van der Waals surface area contributed by atoms with E-state index in [4.69, 9.17) is 4.52 Å². The first-order chi connectivity index (χ1) is 10.4. The number of carbonyl (C=O) groups is 1. The third kappa shape index (κ3) is 4.98. The van der Waals surface area contributed by atoms with Crippen molar-refractivity contribution < 1.29 is 9.32 Å². The number of aryl methyl sites for hydroxylation is 1. The van der Waals surface area contributed by atoms with Crippen molar-refractivity contribution >= 4 is 5.91 Å². The maximum Gasteiger partial charge on any atom is 0.232 e. The van der Waals surface area contributed by atoms with E-state index in [1.807, 2.05) is 51.1 Å². The van der Waals surface area contributed by atoms with Crippen molar-refractivity contribution in [3.63, 3.8) is 0 Å². The molecule has 0 unspecified atom stereocenters. The molecule has 1 amide bonds. The maximum atomic E-state index is 11.8. The van der Waals surface area contributed by atoms with Gasteiger partial charge in [-0.25, -0.2) is 0 Å². The molecule has 1 aromatic heterocycles. The molecular formula is C17H23N3O2. The average Bonchev–Trinajstić information content (AvgIpc) is 2.95. The van der Waals surface area contributed by atoms with Crippen LogP contribution in [0.15, 0.2) is 34.9 Å². The van der Waals surface area contributed by atoms with E-state index in [0.29, 0.717) is 31.1 Å². The number of aromatic nitrogens is 2.